The monoisotopic (exact) mass is 274 g/mol. The third-order valence-electron chi connectivity index (χ3n) is 4.14. The molecule has 3 nitrogen and oxygen atoms in total. The van der Waals surface area contributed by atoms with Crippen LogP contribution in [0.1, 0.15) is 33.8 Å². The molecule has 2 N–H and O–H groups in total. The summed E-state index contributed by atoms with van der Waals surface area (Å²) in [6.45, 7) is 2.26. The Morgan fingerprint density at radius 2 is 2.11 bits per heavy atom. The minimum absolute atomic E-state index is 0.181. The Morgan fingerprint density at radius 3 is 2.79 bits per heavy atom. The van der Waals surface area contributed by atoms with Crippen molar-refractivity contribution in [1.82, 2.24) is 4.90 Å². The van der Waals surface area contributed by atoms with Crippen molar-refractivity contribution >= 4 is 17.2 Å². The van der Waals surface area contributed by atoms with E-state index in [9.17, 15) is 4.79 Å². The third-order valence-corrected chi connectivity index (χ3v) is 5.13. The van der Waals surface area contributed by atoms with Gasteiger partial charge in [-0.1, -0.05) is 18.3 Å². The van der Waals surface area contributed by atoms with Gasteiger partial charge < -0.3 is 10.6 Å². The van der Waals surface area contributed by atoms with Gasteiger partial charge in [0.15, 0.2) is 0 Å². The molecule has 1 saturated carbocycles. The van der Waals surface area contributed by atoms with Crippen LogP contribution in [0.25, 0.3) is 0 Å². The second-order valence-electron chi connectivity index (χ2n) is 5.33. The van der Waals surface area contributed by atoms with Gasteiger partial charge in [0.2, 0.25) is 0 Å². The minimum Gasteiger partial charge on any atom is -0.337 e. The predicted octanol–water partition coefficient (Wildman–Crippen LogP) is 1.93. The molecule has 2 fully saturated rings. The summed E-state index contributed by atoms with van der Waals surface area (Å²) >= 11 is 1.48. The molecule has 2 atom stereocenters. The van der Waals surface area contributed by atoms with E-state index < -0.39 is 0 Å². The number of hydrogen-bond acceptors (Lipinski definition) is 3. The summed E-state index contributed by atoms with van der Waals surface area (Å²) in [7, 11) is 0. The van der Waals surface area contributed by atoms with Crippen LogP contribution < -0.4 is 5.73 Å². The Hall–Kier alpha value is -1.31. The molecule has 2 unspecified atom stereocenters. The highest BCUT2D eigenvalue weighted by Crippen LogP contribution is 2.38. The lowest BCUT2D eigenvalue weighted by molar-refractivity contribution is 0.0785. The number of hydrogen-bond donors (Lipinski definition) is 1. The first-order valence-corrected chi connectivity index (χ1v) is 7.67. The molecule has 2 heterocycles. The van der Waals surface area contributed by atoms with Crippen LogP contribution >= 0.6 is 11.3 Å². The number of nitrogens with two attached hydrogens (primary N) is 1. The zero-order valence-corrected chi connectivity index (χ0v) is 11.7. The molecule has 19 heavy (non-hydrogen) atoms. The van der Waals surface area contributed by atoms with Crippen molar-refractivity contribution in [3.63, 3.8) is 0 Å². The molecule has 1 saturated heterocycles. The third kappa shape index (κ3) is 2.54. The van der Waals surface area contributed by atoms with Gasteiger partial charge in [0.1, 0.15) is 0 Å². The number of likely N-dealkylation sites (tertiary alicyclic amines) is 1. The first kappa shape index (κ1) is 12.7. The molecule has 3 rings (SSSR count). The number of rotatable bonds is 1. The fourth-order valence-corrected chi connectivity index (χ4v) is 4.06. The Labute approximate surface area is 117 Å². The highest BCUT2D eigenvalue weighted by molar-refractivity contribution is 7.14. The molecule has 1 aromatic heterocycles. The zero-order chi connectivity index (χ0) is 13.2. The molecule has 1 aliphatic heterocycles. The number of thiophene rings is 1. The van der Waals surface area contributed by atoms with Crippen LogP contribution in [0.4, 0.5) is 0 Å². The first-order valence-electron chi connectivity index (χ1n) is 6.86. The van der Waals surface area contributed by atoms with E-state index in [2.05, 4.69) is 11.8 Å². The van der Waals surface area contributed by atoms with Crippen molar-refractivity contribution < 1.29 is 4.79 Å². The molecule has 1 aliphatic carbocycles. The van der Waals surface area contributed by atoms with E-state index >= 15 is 0 Å². The fraction of sp³-hybridized carbons (Fsp3) is 0.533. The van der Waals surface area contributed by atoms with Gasteiger partial charge in [-0.15, -0.1) is 11.3 Å². The van der Waals surface area contributed by atoms with Crippen molar-refractivity contribution in [3.8, 4) is 11.8 Å². The van der Waals surface area contributed by atoms with Crippen LogP contribution in [0, 0.1) is 23.7 Å². The first-order chi connectivity index (χ1) is 9.28. The lowest BCUT2D eigenvalue weighted by Crippen LogP contribution is -2.28. The van der Waals surface area contributed by atoms with Crippen molar-refractivity contribution in [2.24, 2.45) is 17.6 Å². The summed E-state index contributed by atoms with van der Waals surface area (Å²) in [5.41, 5.74) is 5.35. The highest BCUT2D eigenvalue weighted by atomic mass is 32.1. The van der Waals surface area contributed by atoms with Gasteiger partial charge in [-0.25, -0.2) is 0 Å². The molecule has 1 aromatic rings. The van der Waals surface area contributed by atoms with Gasteiger partial charge in [0.25, 0.3) is 5.91 Å². The SMILES string of the molecule is NCC#Cc1ccc(C(=O)N2CC3CCCC3C2)s1. The minimum atomic E-state index is 0.181. The van der Waals surface area contributed by atoms with Gasteiger partial charge in [-0.3, -0.25) is 4.79 Å². The predicted molar refractivity (Wildman–Crippen MR) is 77.0 cm³/mol. The number of nitrogens with zero attached hydrogens (tertiary/aromatic N) is 1. The van der Waals surface area contributed by atoms with Crippen LogP contribution in [0.5, 0.6) is 0 Å². The summed E-state index contributed by atoms with van der Waals surface area (Å²) in [4.78, 5) is 16.2. The fourth-order valence-electron chi connectivity index (χ4n) is 3.21. The second kappa shape index (κ2) is 5.36. The van der Waals surface area contributed by atoms with E-state index in [4.69, 9.17) is 5.73 Å². The van der Waals surface area contributed by atoms with Gasteiger partial charge in [-0.2, -0.15) is 0 Å². The topological polar surface area (TPSA) is 46.3 Å². The molecular weight excluding hydrogens is 256 g/mol. The van der Waals surface area contributed by atoms with Crippen LogP contribution in [0.2, 0.25) is 0 Å². The van der Waals surface area contributed by atoms with Crippen LogP contribution in [-0.4, -0.2) is 30.4 Å². The van der Waals surface area contributed by atoms with E-state index in [0.29, 0.717) is 6.54 Å². The maximum absolute atomic E-state index is 12.4. The average molecular weight is 274 g/mol. The van der Waals surface area contributed by atoms with E-state index in [-0.39, 0.29) is 5.91 Å². The van der Waals surface area contributed by atoms with E-state index in [1.807, 2.05) is 17.0 Å². The van der Waals surface area contributed by atoms with Crippen LogP contribution in [-0.2, 0) is 0 Å². The van der Waals surface area contributed by atoms with E-state index in [1.165, 1.54) is 30.6 Å². The molecule has 4 heteroatoms. The maximum Gasteiger partial charge on any atom is 0.263 e. The van der Waals surface area contributed by atoms with Gasteiger partial charge >= 0.3 is 0 Å². The van der Waals surface area contributed by atoms with Gasteiger partial charge in [-0.05, 0) is 36.8 Å². The number of amides is 1. The standard InChI is InChI=1S/C15H18N2OS/c16-8-2-5-13-6-7-14(19-13)15(18)17-9-11-3-1-4-12(11)10-17/h6-7,11-12H,1,3-4,8-10,16H2. The number of fused-ring (bicyclic) bond motifs is 1. The van der Waals surface area contributed by atoms with Gasteiger partial charge in [0.05, 0.1) is 16.3 Å². The van der Waals surface area contributed by atoms with Crippen molar-refractivity contribution in [2.45, 2.75) is 19.3 Å². The Kier molecular flexibility index (Phi) is 3.58. The summed E-state index contributed by atoms with van der Waals surface area (Å²) in [5.74, 6) is 7.49. The summed E-state index contributed by atoms with van der Waals surface area (Å²) in [6.07, 6.45) is 3.94. The Bertz CT molecular complexity index is 528. The molecule has 0 bridgehead atoms. The molecule has 2 aliphatic rings. The quantitative estimate of drug-likeness (QED) is 0.795. The summed E-state index contributed by atoms with van der Waals surface area (Å²) in [5, 5.41) is 0. The van der Waals surface area contributed by atoms with Crippen LogP contribution in [0.15, 0.2) is 12.1 Å². The molecule has 100 valence electrons. The van der Waals surface area contributed by atoms with Crippen molar-refractivity contribution in [1.29, 1.82) is 0 Å². The van der Waals surface area contributed by atoms with Gasteiger partial charge in [0, 0.05) is 13.1 Å². The molecule has 1 amide bonds. The largest absolute Gasteiger partial charge is 0.337 e. The zero-order valence-electron chi connectivity index (χ0n) is 10.9. The molecule has 0 radical (unpaired) electrons. The summed E-state index contributed by atoms with van der Waals surface area (Å²) < 4.78 is 0. The number of carbonyl (C=O) groups excluding carboxylic acids is 1. The highest BCUT2D eigenvalue weighted by Gasteiger charge is 2.38. The smallest absolute Gasteiger partial charge is 0.263 e. The van der Waals surface area contributed by atoms with Crippen molar-refractivity contribution in [3.05, 3.63) is 21.9 Å². The molecular formula is C15H18N2OS. The molecule has 0 spiro atoms. The Balaban J connectivity index is 1.69. The second-order valence-corrected chi connectivity index (χ2v) is 6.41. The van der Waals surface area contributed by atoms with E-state index in [1.54, 1.807) is 0 Å². The lowest BCUT2D eigenvalue weighted by Gasteiger charge is -2.15. The van der Waals surface area contributed by atoms with Crippen molar-refractivity contribution in [2.75, 3.05) is 19.6 Å². The number of carbonyl (C=O) groups is 1. The summed E-state index contributed by atoms with van der Waals surface area (Å²) in [6, 6.07) is 3.80. The normalized spacial score (nSPS) is 25.0. The average Bonchev–Trinajstić information content (AvgIpc) is 3.10. The Morgan fingerprint density at radius 1 is 1.37 bits per heavy atom. The van der Waals surface area contributed by atoms with Crippen LogP contribution in [0.3, 0.4) is 0 Å². The van der Waals surface area contributed by atoms with E-state index in [0.717, 1.165) is 34.7 Å². The maximum atomic E-state index is 12.4. The molecule has 0 aromatic carbocycles. The lowest BCUT2D eigenvalue weighted by atomic mass is 10.0.